The van der Waals surface area contributed by atoms with Gasteiger partial charge in [-0.05, 0) is 23.8 Å². The van der Waals surface area contributed by atoms with Crippen LogP contribution in [0.25, 0.3) is 11.0 Å². The van der Waals surface area contributed by atoms with Gasteiger partial charge in [0.15, 0.2) is 11.6 Å². The summed E-state index contributed by atoms with van der Waals surface area (Å²) in [6.07, 6.45) is 1.24. The number of carbonyl (C=O) groups is 3. The van der Waals surface area contributed by atoms with Gasteiger partial charge in [0.2, 0.25) is 11.8 Å². The maximum Gasteiger partial charge on any atom is 0.257 e. The molecule has 1 N–H and O–H groups in total. The van der Waals surface area contributed by atoms with Crippen molar-refractivity contribution < 1.29 is 27.9 Å². The zero-order valence-electron chi connectivity index (χ0n) is 16.2. The Morgan fingerprint density at radius 3 is 2.81 bits per heavy atom. The van der Waals surface area contributed by atoms with Crippen LogP contribution < -0.4 is 10.1 Å². The zero-order valence-corrected chi connectivity index (χ0v) is 17.0. The Bertz CT molecular complexity index is 1290. The number of benzene rings is 1. The van der Waals surface area contributed by atoms with E-state index in [1.165, 1.54) is 24.3 Å². The standard InChI is InChI=1S/C21H15ClFN3O5/c1-30-13-3-2-10-8-26(19(28)16(10)17(13)23)9-21(7-15(27)25-20(21)29)14-6-11-12(31-14)4-5-24-18(11)22/h2-6H,7-9H2,1H3,(H,25,27,29)/t21-/m1/s1. The van der Waals surface area contributed by atoms with E-state index in [2.05, 4.69) is 10.3 Å². The first-order valence-electron chi connectivity index (χ1n) is 9.37. The average Bonchev–Trinajstić information content (AvgIpc) is 3.38. The number of ether oxygens (including phenoxy) is 1. The molecule has 3 amide bonds. The van der Waals surface area contributed by atoms with E-state index in [1.807, 2.05) is 0 Å². The van der Waals surface area contributed by atoms with Crippen molar-refractivity contribution >= 4 is 40.3 Å². The molecule has 8 nitrogen and oxygen atoms in total. The normalized spacial score (nSPS) is 20.5. The molecule has 158 valence electrons. The summed E-state index contributed by atoms with van der Waals surface area (Å²) in [5, 5.41) is 2.96. The van der Waals surface area contributed by atoms with Gasteiger partial charge < -0.3 is 14.1 Å². The fourth-order valence-electron chi connectivity index (χ4n) is 4.22. The number of aromatic nitrogens is 1. The number of imide groups is 1. The van der Waals surface area contributed by atoms with Gasteiger partial charge in [-0.15, -0.1) is 0 Å². The molecule has 1 aromatic carbocycles. The van der Waals surface area contributed by atoms with Crippen LogP contribution in [0.15, 0.2) is 34.9 Å². The summed E-state index contributed by atoms with van der Waals surface area (Å²) >= 11 is 6.13. The van der Waals surface area contributed by atoms with Crippen molar-refractivity contribution in [1.29, 1.82) is 0 Å². The molecule has 5 rings (SSSR count). The Balaban J connectivity index is 1.57. The first-order valence-corrected chi connectivity index (χ1v) is 9.75. The molecule has 2 aliphatic heterocycles. The second kappa shape index (κ2) is 6.78. The van der Waals surface area contributed by atoms with E-state index in [0.29, 0.717) is 16.5 Å². The Hall–Kier alpha value is -3.46. The smallest absolute Gasteiger partial charge is 0.257 e. The van der Waals surface area contributed by atoms with Gasteiger partial charge in [0.1, 0.15) is 21.9 Å². The molecular weight excluding hydrogens is 429 g/mol. The number of rotatable bonds is 4. The number of nitrogens with one attached hydrogen (secondary N) is 1. The maximum absolute atomic E-state index is 14.7. The van der Waals surface area contributed by atoms with Crippen molar-refractivity contribution in [2.45, 2.75) is 18.4 Å². The van der Waals surface area contributed by atoms with E-state index >= 15 is 0 Å². The predicted molar refractivity (Wildman–Crippen MR) is 106 cm³/mol. The van der Waals surface area contributed by atoms with Gasteiger partial charge >= 0.3 is 0 Å². The SMILES string of the molecule is COc1ccc2c(c1F)C(=O)N(C[C@@]1(c3cc4c(Cl)nccc4o3)CC(=O)NC1=O)C2. The molecule has 0 unspecified atom stereocenters. The van der Waals surface area contributed by atoms with E-state index in [-0.39, 0.29) is 41.7 Å². The summed E-state index contributed by atoms with van der Waals surface area (Å²) in [6.45, 7) is -0.0917. The Labute approximate surface area is 179 Å². The molecule has 1 atom stereocenters. The lowest BCUT2D eigenvalue weighted by Gasteiger charge is -2.28. The third kappa shape index (κ3) is 2.80. The van der Waals surface area contributed by atoms with Crippen LogP contribution in [-0.4, -0.2) is 41.3 Å². The Morgan fingerprint density at radius 2 is 2.13 bits per heavy atom. The fourth-order valence-corrected chi connectivity index (χ4v) is 4.43. The van der Waals surface area contributed by atoms with Crippen molar-refractivity contribution in [3.63, 3.8) is 0 Å². The van der Waals surface area contributed by atoms with Gasteiger partial charge in [-0.3, -0.25) is 19.7 Å². The fraction of sp³-hybridized carbons (Fsp3) is 0.238. The van der Waals surface area contributed by atoms with E-state index in [0.717, 1.165) is 0 Å². The van der Waals surface area contributed by atoms with Crippen molar-refractivity contribution in [3.05, 3.63) is 58.3 Å². The van der Waals surface area contributed by atoms with Crippen molar-refractivity contribution in [2.24, 2.45) is 0 Å². The van der Waals surface area contributed by atoms with Crippen LogP contribution in [0.1, 0.15) is 28.1 Å². The second-order valence-electron chi connectivity index (χ2n) is 7.54. The molecule has 10 heteroatoms. The highest BCUT2D eigenvalue weighted by Gasteiger charge is 2.53. The van der Waals surface area contributed by atoms with Crippen LogP contribution in [0.5, 0.6) is 5.75 Å². The van der Waals surface area contributed by atoms with Crippen LogP contribution in [0, 0.1) is 5.82 Å². The van der Waals surface area contributed by atoms with E-state index in [4.69, 9.17) is 20.8 Å². The first-order chi connectivity index (χ1) is 14.8. The molecule has 0 aliphatic carbocycles. The molecule has 4 heterocycles. The topological polar surface area (TPSA) is 102 Å². The highest BCUT2D eigenvalue weighted by atomic mass is 35.5. The molecule has 0 spiro atoms. The second-order valence-corrected chi connectivity index (χ2v) is 7.90. The average molecular weight is 444 g/mol. The molecule has 0 bridgehead atoms. The number of carbonyl (C=O) groups excluding carboxylic acids is 3. The molecule has 2 aliphatic rings. The lowest BCUT2D eigenvalue weighted by atomic mass is 9.82. The zero-order chi connectivity index (χ0) is 21.9. The van der Waals surface area contributed by atoms with Gasteiger partial charge in [0, 0.05) is 19.3 Å². The van der Waals surface area contributed by atoms with Gasteiger partial charge in [-0.25, -0.2) is 9.37 Å². The molecule has 1 saturated heterocycles. The van der Waals surface area contributed by atoms with E-state index in [9.17, 15) is 18.8 Å². The number of amides is 3. The minimum absolute atomic E-state index is 0.0446. The van der Waals surface area contributed by atoms with Gasteiger partial charge in [-0.2, -0.15) is 0 Å². The van der Waals surface area contributed by atoms with Crippen LogP contribution in [0.2, 0.25) is 5.15 Å². The summed E-state index contributed by atoms with van der Waals surface area (Å²) < 4.78 is 25.5. The van der Waals surface area contributed by atoms with Crippen LogP contribution in [0.4, 0.5) is 4.39 Å². The highest BCUT2D eigenvalue weighted by Crippen LogP contribution is 2.40. The predicted octanol–water partition coefficient (Wildman–Crippen LogP) is 2.57. The largest absolute Gasteiger partial charge is 0.494 e. The van der Waals surface area contributed by atoms with Crippen molar-refractivity contribution in [2.75, 3.05) is 13.7 Å². The molecule has 2 aromatic heterocycles. The lowest BCUT2D eigenvalue weighted by Crippen LogP contribution is -2.46. The van der Waals surface area contributed by atoms with Crippen LogP contribution >= 0.6 is 11.6 Å². The Morgan fingerprint density at radius 1 is 1.32 bits per heavy atom. The molecule has 1 fully saturated rings. The Kier molecular flexibility index (Phi) is 4.26. The van der Waals surface area contributed by atoms with Gasteiger partial charge in [0.25, 0.3) is 5.91 Å². The summed E-state index contributed by atoms with van der Waals surface area (Å²) in [5.41, 5.74) is -0.706. The number of nitrogens with zero attached hydrogens (tertiary/aromatic N) is 2. The van der Waals surface area contributed by atoms with Gasteiger partial charge in [-0.1, -0.05) is 17.7 Å². The van der Waals surface area contributed by atoms with Gasteiger partial charge in [0.05, 0.1) is 24.5 Å². The van der Waals surface area contributed by atoms with E-state index < -0.39 is 29.0 Å². The summed E-state index contributed by atoms with van der Waals surface area (Å²) in [6, 6.07) is 6.20. The van der Waals surface area contributed by atoms with Crippen LogP contribution in [-0.2, 0) is 21.5 Å². The summed E-state index contributed by atoms with van der Waals surface area (Å²) in [4.78, 5) is 43.4. The number of hydrogen-bond donors (Lipinski definition) is 1. The van der Waals surface area contributed by atoms with Crippen molar-refractivity contribution in [1.82, 2.24) is 15.2 Å². The number of fused-ring (bicyclic) bond motifs is 2. The number of hydrogen-bond acceptors (Lipinski definition) is 6. The quantitative estimate of drug-likeness (QED) is 0.491. The molecule has 31 heavy (non-hydrogen) atoms. The maximum atomic E-state index is 14.7. The lowest BCUT2D eigenvalue weighted by molar-refractivity contribution is -0.126. The third-order valence-corrected chi connectivity index (χ3v) is 6.06. The number of furan rings is 1. The number of pyridine rings is 1. The number of halogens is 2. The summed E-state index contributed by atoms with van der Waals surface area (Å²) in [5.74, 6) is -2.29. The van der Waals surface area contributed by atoms with Crippen molar-refractivity contribution in [3.8, 4) is 5.75 Å². The molecule has 0 radical (unpaired) electrons. The number of methoxy groups -OCH3 is 1. The molecule has 0 saturated carbocycles. The van der Waals surface area contributed by atoms with Crippen LogP contribution in [0.3, 0.4) is 0 Å². The molecule has 3 aromatic rings. The first kappa shape index (κ1) is 19.5. The third-order valence-electron chi connectivity index (χ3n) is 5.75. The highest BCUT2D eigenvalue weighted by molar-refractivity contribution is 6.34. The summed E-state index contributed by atoms with van der Waals surface area (Å²) in [7, 11) is 1.31. The minimum Gasteiger partial charge on any atom is -0.494 e. The van der Waals surface area contributed by atoms with E-state index in [1.54, 1.807) is 18.2 Å². The monoisotopic (exact) mass is 443 g/mol. The molecular formula is C21H15ClFN3O5. The minimum atomic E-state index is -1.47.